The molecule has 2 amide bonds. The summed E-state index contributed by atoms with van der Waals surface area (Å²) in [5, 5.41) is 63.0. The van der Waals surface area contributed by atoms with Crippen molar-refractivity contribution in [2.24, 2.45) is 0 Å². The van der Waals surface area contributed by atoms with Gasteiger partial charge in [-0.15, -0.1) is 51.0 Å². The van der Waals surface area contributed by atoms with E-state index in [9.17, 15) is 31.5 Å². The Labute approximate surface area is 862 Å². The summed E-state index contributed by atoms with van der Waals surface area (Å²) in [6.45, 7) is 10.8. The summed E-state index contributed by atoms with van der Waals surface area (Å²) in [6, 6.07) is 27.8. The summed E-state index contributed by atoms with van der Waals surface area (Å²) in [5.41, 5.74) is 5.84. The molecule has 150 heavy (non-hydrogen) atoms. The molecule has 10 aliphatic rings. The quantitative estimate of drug-likeness (QED) is 0.0292. The lowest BCUT2D eigenvalue weighted by atomic mass is 10.0. The molecule has 17 heterocycles. The van der Waals surface area contributed by atoms with Gasteiger partial charge in [-0.05, 0) is 169 Å². The molecule has 776 valence electrons. The lowest BCUT2D eigenvalue weighted by Gasteiger charge is -2.40. The average molecular weight is 2040 g/mol. The van der Waals surface area contributed by atoms with Gasteiger partial charge in [0, 0.05) is 96.6 Å². The molecule has 7 N–H and O–H groups in total. The van der Waals surface area contributed by atoms with Crippen LogP contribution in [0.15, 0.2) is 178 Å². The molecule has 5 aliphatic heterocycles. The van der Waals surface area contributed by atoms with E-state index in [0.29, 0.717) is 53.5 Å². The number of carbonyl (C=O) groups is 2. The molecule has 0 saturated heterocycles. The number of fused-ring (bicyclic) bond motifs is 15. The minimum Gasteiger partial charge on any atom is -0.355 e. The summed E-state index contributed by atoms with van der Waals surface area (Å²) in [5.74, 6) is 9.91. The maximum atomic E-state index is 13.8. The van der Waals surface area contributed by atoms with E-state index in [2.05, 4.69) is 187 Å². The van der Waals surface area contributed by atoms with Gasteiger partial charge in [0.25, 0.3) is 18.2 Å². The lowest BCUT2D eigenvalue weighted by molar-refractivity contribution is -0.137. The van der Waals surface area contributed by atoms with Crippen molar-refractivity contribution in [1.29, 1.82) is 0 Å². The van der Waals surface area contributed by atoms with Crippen LogP contribution in [0.4, 0.5) is 109 Å². The second-order valence-corrected chi connectivity index (χ2v) is 38.6. The molecule has 5 saturated carbocycles. The second-order valence-electron chi connectivity index (χ2n) is 38.6. The summed E-state index contributed by atoms with van der Waals surface area (Å²) in [7, 11) is 2.82. The fourth-order valence-electron chi connectivity index (χ4n) is 22.9. The molecule has 25 rings (SSSR count). The first-order valence-electron chi connectivity index (χ1n) is 51.9. The number of halogens is 5. The van der Waals surface area contributed by atoms with Crippen molar-refractivity contribution in [2.45, 2.75) is 268 Å². The Morgan fingerprint density at radius 2 is 0.633 bits per heavy atom. The summed E-state index contributed by atoms with van der Waals surface area (Å²) < 4.78 is 78.9. The molecular weight excluding hydrogens is 1920 g/mol. The molecule has 46 heteroatoms. The standard InChI is InChI=1S/C23H25F3N8O.C23H26F2N8O.C20H23N7.2C19H22N8/c1-3-17-20-32-29-12-33(20)18-11-28-22(31-19(18)34(17)14-6-4-5-7-14)30-16-9-8-13(21(35)27-2)10-15(16)23(24,25)26;1-3-17-21-31-28-12-32(21)18-11-27-23(30-20(18)33(17)14-6-4-5-7-14)29-16-9-8-13(22(34)26-2)10-15(16)19(24)25;1-2-16-19-25-22-13-26(19)17-12-21-20(23-14-8-4-3-5-9-14)24-18(17)27(16)15-10-6-7-11-15;1-2-15-18-25-22-12-26(18)16-11-21-19(23-13-6-5-9-20-10-13)24-17(16)27(15)14-7-3-4-8-14;1-2-15-18-25-22-12-26(18)16-11-21-19(23-13-7-9-20-10-8-13)24-17(16)27(15)14-5-3-4-6-14/h8-12,14,17H,3-7H2,1-2H3,(H,27,35)(H,28,30,31);8-12,14,17,19H,3-7H2,1-2H3,(H,26,34)(H,27,29,30);3-5,8-9,12-13,15-16H,2,6-7,10-11H2,1H3,(H,21,23,24);5-6,9-12,14-15H,2-4,7-8H2,1H3,(H,21,23,24);7-12,14-15H,2-6H2,1H3,(H,20,21,23,24)/t2*17-;16-;2*15-/m11111/s1. The first-order valence-corrected chi connectivity index (χ1v) is 51.9. The number of aromatic nitrogens is 27. The highest BCUT2D eigenvalue weighted by Crippen LogP contribution is 2.51. The number of para-hydroxylation sites is 1. The third-order valence-corrected chi connectivity index (χ3v) is 29.8. The van der Waals surface area contributed by atoms with Crippen molar-refractivity contribution in [3.8, 4) is 28.4 Å². The monoisotopic (exact) mass is 2040 g/mol. The predicted octanol–water partition coefficient (Wildman–Crippen LogP) is 19.5. The summed E-state index contributed by atoms with van der Waals surface area (Å²) in [6.07, 6.45) is 45.0. The fraction of sp³-hybridized carbons (Fsp3) is 0.423. The van der Waals surface area contributed by atoms with Crippen LogP contribution < -0.4 is 61.7 Å². The van der Waals surface area contributed by atoms with Gasteiger partial charge in [-0.2, -0.15) is 38.1 Å². The molecule has 15 aromatic rings. The van der Waals surface area contributed by atoms with Gasteiger partial charge >= 0.3 is 6.18 Å². The molecule has 5 aliphatic carbocycles. The van der Waals surface area contributed by atoms with Gasteiger partial charge < -0.3 is 61.7 Å². The van der Waals surface area contributed by atoms with Crippen LogP contribution >= 0.6 is 0 Å². The molecule has 41 nitrogen and oxygen atoms in total. The Morgan fingerprint density at radius 1 is 0.340 bits per heavy atom. The third-order valence-electron chi connectivity index (χ3n) is 29.8. The van der Waals surface area contributed by atoms with Crippen molar-refractivity contribution in [1.82, 2.24) is 144 Å². The zero-order chi connectivity index (χ0) is 103. The topological polar surface area (TPSA) is 443 Å². The van der Waals surface area contributed by atoms with E-state index in [-0.39, 0.29) is 76.2 Å². The number of nitrogens with zero attached hydrogens (tertiary/aromatic N) is 32. The molecule has 0 unspecified atom stereocenters. The largest absolute Gasteiger partial charge is 0.418 e. The molecular formula is C104H118F5N39O2. The summed E-state index contributed by atoms with van der Waals surface area (Å²) >= 11 is 0. The van der Waals surface area contributed by atoms with Gasteiger partial charge in [0.05, 0.1) is 84.3 Å². The van der Waals surface area contributed by atoms with Gasteiger partial charge in [0.1, 0.15) is 60.1 Å². The maximum absolute atomic E-state index is 13.8. The number of hydrogen-bond donors (Lipinski definition) is 7. The Morgan fingerprint density at radius 3 is 0.933 bits per heavy atom. The number of anilines is 15. The maximum Gasteiger partial charge on any atom is 0.418 e. The zero-order valence-electron chi connectivity index (χ0n) is 84.3. The molecule has 5 atom stereocenters. The smallest absolute Gasteiger partial charge is 0.355 e. The van der Waals surface area contributed by atoms with Gasteiger partial charge in [-0.3, -0.25) is 42.4 Å². The van der Waals surface area contributed by atoms with Crippen LogP contribution in [0.5, 0.6) is 0 Å². The van der Waals surface area contributed by atoms with Crippen molar-refractivity contribution < 1.29 is 31.5 Å². The molecule has 0 bridgehead atoms. The first-order chi connectivity index (χ1) is 73.4. The number of pyridine rings is 2. The van der Waals surface area contributed by atoms with E-state index in [0.717, 1.165) is 182 Å². The second kappa shape index (κ2) is 44.0. The van der Waals surface area contributed by atoms with E-state index in [4.69, 9.17) is 19.9 Å². The number of amides is 2. The Balaban J connectivity index is 0.000000110. The van der Waals surface area contributed by atoms with Gasteiger partial charge in [-0.1, -0.05) is 117 Å². The SMILES string of the molecule is CC[C@@H]1c2nncn2-c2cnc(Nc3ccc(C(=O)NC)cc3C(F)(F)F)nc2N1C1CCCC1.CC[C@@H]1c2nncn2-c2cnc(Nc3ccc(C(=O)NC)cc3C(F)F)nc2N1C1CCCC1.CC[C@@H]1c2nncn2-c2cnc(Nc3ccccc3)nc2N1C1CCCC1.CC[C@@H]1c2nncn2-c2cnc(Nc3cccnc3)nc2N1C1CCCC1.CC[C@@H]1c2nncn2-c2cnc(Nc3ccncc3)nc2N1C1CCCC1. The van der Waals surface area contributed by atoms with Gasteiger partial charge in [0.15, 0.2) is 58.2 Å². The zero-order valence-corrected chi connectivity index (χ0v) is 84.3. The van der Waals surface area contributed by atoms with Crippen molar-refractivity contribution >= 4 is 99.1 Å². The Kier molecular flexibility index (Phi) is 29.2. The van der Waals surface area contributed by atoms with E-state index < -0.39 is 30.0 Å². The Bertz CT molecular complexity index is 6850. The lowest BCUT2D eigenvalue weighted by Crippen LogP contribution is -2.42. The predicted molar refractivity (Wildman–Crippen MR) is 555 cm³/mol. The van der Waals surface area contributed by atoms with Crippen LogP contribution in [0.25, 0.3) is 28.4 Å². The van der Waals surface area contributed by atoms with Crippen LogP contribution in [-0.2, 0) is 6.18 Å². The van der Waals surface area contributed by atoms with Crippen LogP contribution in [0, 0.1) is 0 Å². The molecule has 0 spiro atoms. The Hall–Kier alpha value is -16.4. The highest BCUT2D eigenvalue weighted by molar-refractivity contribution is 5.95. The van der Waals surface area contributed by atoms with Crippen molar-refractivity contribution in [3.63, 3.8) is 0 Å². The normalized spacial score (nSPS) is 18.4. The van der Waals surface area contributed by atoms with Crippen molar-refractivity contribution in [3.05, 3.63) is 230 Å². The van der Waals surface area contributed by atoms with Gasteiger partial charge in [-0.25, -0.2) is 33.7 Å². The number of rotatable bonds is 23. The van der Waals surface area contributed by atoms with Crippen LogP contribution in [-0.4, -0.2) is 190 Å². The first kappa shape index (κ1) is 99.6. The molecule has 5 fully saturated rings. The fourth-order valence-corrected chi connectivity index (χ4v) is 22.9. The molecule has 3 aromatic carbocycles. The van der Waals surface area contributed by atoms with Crippen LogP contribution in [0.3, 0.4) is 0 Å². The van der Waals surface area contributed by atoms with E-state index in [1.54, 1.807) is 68.8 Å². The van der Waals surface area contributed by atoms with Crippen molar-refractivity contribution in [2.75, 3.05) is 65.2 Å². The van der Waals surface area contributed by atoms with E-state index >= 15 is 0 Å². The number of nitrogens with one attached hydrogen (secondary N) is 7. The number of alkyl halides is 5. The third kappa shape index (κ3) is 19.9. The highest BCUT2D eigenvalue weighted by Gasteiger charge is 2.46. The van der Waals surface area contributed by atoms with Gasteiger partial charge in [0.2, 0.25) is 29.7 Å². The minimum absolute atomic E-state index is 0.0179. The van der Waals surface area contributed by atoms with E-state index in [1.807, 2.05) is 96.0 Å². The van der Waals surface area contributed by atoms with E-state index in [1.165, 1.54) is 121 Å². The highest BCUT2D eigenvalue weighted by atomic mass is 19.4. The number of benzene rings is 3. The molecule has 0 radical (unpaired) electrons. The average Bonchev–Trinajstić information content (AvgIpc) is 1.54. The minimum atomic E-state index is -4.68. The molecule has 12 aromatic heterocycles. The van der Waals surface area contributed by atoms with Crippen LogP contribution in [0.1, 0.15) is 293 Å². The summed E-state index contributed by atoms with van der Waals surface area (Å²) in [4.78, 5) is 90.5. The van der Waals surface area contributed by atoms with Crippen LogP contribution in [0.2, 0.25) is 0 Å². The number of hydrogen-bond acceptors (Lipinski definition) is 34. The number of carbonyl (C=O) groups excluding carboxylic acids is 2.